The van der Waals surface area contributed by atoms with Crippen molar-refractivity contribution >= 4 is 17.6 Å². The fraction of sp³-hybridized carbons (Fsp3) is 0.429. The molecule has 10 nitrogen and oxygen atoms in total. The molecule has 0 aliphatic heterocycles. The summed E-state index contributed by atoms with van der Waals surface area (Å²) in [6, 6.07) is -1.20. The Hall–Kier alpha value is -3.09. The number of carbonyl (C=O) groups excluding carboxylic acids is 2. The highest BCUT2D eigenvalue weighted by molar-refractivity contribution is 6.08. The number of nitrogens with one attached hydrogen (secondary N) is 2. The zero-order chi connectivity index (χ0) is 20.8. The molecule has 5 N–H and O–H groups in total. The molecule has 0 aliphatic carbocycles. The van der Waals surface area contributed by atoms with Crippen molar-refractivity contribution in [1.82, 2.24) is 10.6 Å². The number of benzene rings is 1. The molecule has 27 heavy (non-hydrogen) atoms. The number of hydrogen-bond donors (Lipinski definition) is 5. The van der Waals surface area contributed by atoms with Crippen LogP contribution in [0.25, 0.3) is 0 Å². The van der Waals surface area contributed by atoms with Gasteiger partial charge >= 0.3 is 17.9 Å². The molecule has 150 valence electrons. The molecule has 0 radical (unpaired) electrons. The van der Waals surface area contributed by atoms with Crippen molar-refractivity contribution in [3.05, 3.63) is 22.1 Å². The zero-order valence-electron chi connectivity index (χ0n) is 14.0. The SMILES string of the molecule is CCOCCCNC(=O)NC(=O)c1c(C(F)(F)F)cc(O)c(O)c1[N+](=O)O. The molecule has 3 amide bonds. The molecule has 0 atom stereocenters. The predicted molar refractivity (Wildman–Crippen MR) is 81.8 cm³/mol. The van der Waals surface area contributed by atoms with Crippen LogP contribution >= 0.6 is 0 Å². The number of aromatic hydroxyl groups is 2. The summed E-state index contributed by atoms with van der Waals surface area (Å²) in [5, 5.41) is 31.5. The number of nitrogens with zero attached hydrogens (tertiary/aromatic N) is 1. The molecule has 0 spiro atoms. The van der Waals surface area contributed by atoms with Gasteiger partial charge in [0.15, 0.2) is 5.75 Å². The highest BCUT2D eigenvalue weighted by Gasteiger charge is 2.44. The molecule has 1 aromatic rings. The molecule has 1 aromatic carbocycles. The van der Waals surface area contributed by atoms with Gasteiger partial charge in [0, 0.05) is 19.8 Å². The number of urea groups is 1. The van der Waals surface area contributed by atoms with Crippen LogP contribution in [0.1, 0.15) is 29.3 Å². The Morgan fingerprint density at radius 1 is 1.30 bits per heavy atom. The third kappa shape index (κ3) is 5.70. The van der Waals surface area contributed by atoms with E-state index in [0.717, 1.165) is 0 Å². The third-order valence-electron chi connectivity index (χ3n) is 3.16. The van der Waals surface area contributed by atoms with Crippen LogP contribution in [0.15, 0.2) is 6.07 Å². The van der Waals surface area contributed by atoms with Gasteiger partial charge in [-0.25, -0.2) is 10.0 Å². The van der Waals surface area contributed by atoms with Crippen LogP contribution in [0, 0.1) is 4.91 Å². The predicted octanol–water partition coefficient (Wildman–Crippen LogP) is 1.78. The van der Waals surface area contributed by atoms with E-state index in [1.807, 2.05) is 0 Å². The minimum Gasteiger partial charge on any atom is -0.504 e. The second-order valence-electron chi connectivity index (χ2n) is 5.05. The fourth-order valence-corrected chi connectivity index (χ4v) is 2.01. The lowest BCUT2D eigenvalue weighted by atomic mass is 10.0. The normalized spacial score (nSPS) is 11.1. The Kier molecular flexibility index (Phi) is 7.34. The van der Waals surface area contributed by atoms with E-state index in [-0.39, 0.29) is 12.6 Å². The summed E-state index contributed by atoms with van der Waals surface area (Å²) in [6.45, 7) is 2.54. The summed E-state index contributed by atoms with van der Waals surface area (Å²) >= 11 is 0. The summed E-state index contributed by atoms with van der Waals surface area (Å²) < 4.78 is 44.4. The van der Waals surface area contributed by atoms with Crippen LogP contribution in [0.3, 0.4) is 0 Å². The summed E-state index contributed by atoms with van der Waals surface area (Å²) in [5.41, 5.74) is -4.95. The van der Waals surface area contributed by atoms with E-state index in [4.69, 9.17) is 9.94 Å². The number of carbonyl (C=O) groups is 2. The first-order chi connectivity index (χ1) is 12.5. The van der Waals surface area contributed by atoms with Crippen molar-refractivity contribution < 1.29 is 47.8 Å². The number of phenolic OH excluding ortho intramolecular Hbond substituents is 2. The van der Waals surface area contributed by atoms with E-state index in [0.29, 0.717) is 19.6 Å². The van der Waals surface area contributed by atoms with E-state index in [1.165, 1.54) is 0 Å². The maximum absolute atomic E-state index is 13.1. The Morgan fingerprint density at radius 3 is 2.44 bits per heavy atom. The third-order valence-corrected chi connectivity index (χ3v) is 3.16. The Balaban J connectivity index is 3.12. The quantitative estimate of drug-likeness (QED) is 0.268. The number of amides is 3. The van der Waals surface area contributed by atoms with Crippen molar-refractivity contribution in [2.45, 2.75) is 19.5 Å². The summed E-state index contributed by atoms with van der Waals surface area (Å²) in [7, 11) is 0. The monoisotopic (exact) mass is 396 g/mol. The number of imide groups is 1. The highest BCUT2D eigenvalue weighted by Crippen LogP contribution is 2.45. The molecule has 13 heteroatoms. The molecule has 0 unspecified atom stereocenters. The molecular weight excluding hydrogens is 379 g/mol. The maximum atomic E-state index is 13.1. The first kappa shape index (κ1) is 22.0. The highest BCUT2D eigenvalue weighted by atomic mass is 19.4. The minimum atomic E-state index is -5.25. The smallest absolute Gasteiger partial charge is 0.417 e. The Morgan fingerprint density at radius 2 is 1.93 bits per heavy atom. The molecule has 0 heterocycles. The van der Waals surface area contributed by atoms with Gasteiger partial charge in [-0.1, -0.05) is 0 Å². The van der Waals surface area contributed by atoms with Crippen LogP contribution in [-0.2, 0) is 10.9 Å². The van der Waals surface area contributed by atoms with Crippen LogP contribution in [-0.4, -0.2) is 52.0 Å². The standard InChI is InChI=1S/C14H16F3N3O7/c1-2-27-5-3-4-18-13(24)19-12(23)9-7(14(15,16)17)6-8(21)11(22)10(9)20(25)26/h6H,2-5H2,1H3,(H4-,18,19,21,22,23,24,25,26)/p+1. The van der Waals surface area contributed by atoms with E-state index in [2.05, 4.69) is 5.32 Å². The van der Waals surface area contributed by atoms with Gasteiger partial charge in [-0.2, -0.15) is 13.2 Å². The molecule has 0 saturated carbocycles. The van der Waals surface area contributed by atoms with Crippen molar-refractivity contribution in [3.8, 4) is 11.5 Å². The molecule has 0 aromatic heterocycles. The van der Waals surface area contributed by atoms with Crippen LogP contribution < -0.4 is 10.6 Å². The van der Waals surface area contributed by atoms with Gasteiger partial charge in [0.2, 0.25) is 5.75 Å². The van der Waals surface area contributed by atoms with Gasteiger partial charge in [0.1, 0.15) is 5.56 Å². The van der Waals surface area contributed by atoms with E-state index in [1.54, 1.807) is 12.2 Å². The Bertz CT molecular complexity index is 738. The summed E-state index contributed by atoms with van der Waals surface area (Å²) in [4.78, 5) is 33.6. The maximum Gasteiger partial charge on any atom is 0.417 e. The number of rotatable bonds is 7. The van der Waals surface area contributed by atoms with Crippen LogP contribution in [0.4, 0.5) is 23.7 Å². The number of alkyl halides is 3. The number of halogens is 3. The summed E-state index contributed by atoms with van der Waals surface area (Å²) in [5.74, 6) is -4.60. The average Bonchev–Trinajstić information content (AvgIpc) is 2.55. The van der Waals surface area contributed by atoms with Gasteiger partial charge in [0.05, 0.1) is 10.5 Å². The first-order valence-corrected chi connectivity index (χ1v) is 7.49. The second-order valence-corrected chi connectivity index (χ2v) is 5.05. The lowest BCUT2D eigenvalue weighted by Gasteiger charge is -2.13. The Labute approximate surface area is 150 Å². The largest absolute Gasteiger partial charge is 0.504 e. The number of ether oxygens (including phenoxy) is 1. The van der Waals surface area contributed by atoms with Gasteiger partial charge in [-0.05, 0) is 19.4 Å². The van der Waals surface area contributed by atoms with E-state index >= 15 is 0 Å². The van der Waals surface area contributed by atoms with Crippen molar-refractivity contribution in [2.24, 2.45) is 0 Å². The van der Waals surface area contributed by atoms with E-state index in [9.17, 15) is 37.9 Å². The number of hydrogen-bond acceptors (Lipinski definition) is 6. The van der Waals surface area contributed by atoms with E-state index < -0.39 is 51.4 Å². The summed E-state index contributed by atoms with van der Waals surface area (Å²) in [6.07, 6.45) is -4.89. The molecule has 1 rings (SSSR count). The van der Waals surface area contributed by atoms with Crippen molar-refractivity contribution in [1.29, 1.82) is 0 Å². The van der Waals surface area contributed by atoms with Gasteiger partial charge in [-0.15, -0.1) is 0 Å². The average molecular weight is 396 g/mol. The topological polar surface area (TPSA) is 148 Å². The van der Waals surface area contributed by atoms with Crippen LogP contribution in [0.2, 0.25) is 0 Å². The second kappa shape index (κ2) is 9.02. The van der Waals surface area contributed by atoms with Crippen LogP contribution in [0.5, 0.6) is 11.5 Å². The molecule has 0 fully saturated rings. The molecule has 0 saturated heterocycles. The van der Waals surface area contributed by atoms with Gasteiger partial charge in [0.25, 0.3) is 10.8 Å². The zero-order valence-corrected chi connectivity index (χ0v) is 14.0. The van der Waals surface area contributed by atoms with Gasteiger partial charge in [-0.3, -0.25) is 10.1 Å². The number of phenols is 2. The minimum absolute atomic E-state index is 0.0166. The van der Waals surface area contributed by atoms with Gasteiger partial charge < -0.3 is 20.3 Å². The molecular formula is C14H17F3N3O7+. The lowest BCUT2D eigenvalue weighted by Crippen LogP contribution is -2.41. The molecule has 0 aliphatic rings. The lowest BCUT2D eigenvalue weighted by molar-refractivity contribution is -0.730. The van der Waals surface area contributed by atoms with Crippen molar-refractivity contribution in [3.63, 3.8) is 0 Å². The first-order valence-electron chi connectivity index (χ1n) is 7.49. The van der Waals surface area contributed by atoms with Crippen molar-refractivity contribution in [2.75, 3.05) is 19.8 Å². The molecule has 0 bridgehead atoms. The fourth-order valence-electron chi connectivity index (χ4n) is 2.01.